The van der Waals surface area contributed by atoms with Crippen LogP contribution in [-0.4, -0.2) is 49.6 Å². The van der Waals surface area contributed by atoms with Crippen LogP contribution < -0.4 is 10.1 Å². The summed E-state index contributed by atoms with van der Waals surface area (Å²) >= 11 is 0. The Hall–Kier alpha value is -2.86. The number of carbonyl (C=O) groups is 2. The van der Waals surface area contributed by atoms with Crippen molar-refractivity contribution in [3.63, 3.8) is 0 Å². The SMILES string of the molecule is CC(C)(C)c1ccccc1OCC(=O)Nc1cccc(C(=O)N2CCOCC2)c1. The molecule has 1 aliphatic rings. The lowest BCUT2D eigenvalue weighted by atomic mass is 9.86. The molecule has 0 unspecified atom stereocenters. The number of ether oxygens (including phenoxy) is 2. The third kappa shape index (κ3) is 5.57. The lowest BCUT2D eigenvalue weighted by molar-refractivity contribution is -0.118. The first-order valence-electron chi connectivity index (χ1n) is 9.84. The van der Waals surface area contributed by atoms with Crippen molar-refractivity contribution in [1.82, 2.24) is 4.90 Å². The molecule has 6 nitrogen and oxygen atoms in total. The number of nitrogens with zero attached hydrogens (tertiary/aromatic N) is 1. The summed E-state index contributed by atoms with van der Waals surface area (Å²) in [5.41, 5.74) is 2.08. The van der Waals surface area contributed by atoms with E-state index in [1.165, 1.54) is 0 Å². The molecule has 0 aromatic heterocycles. The Kier molecular flexibility index (Phi) is 6.54. The zero-order chi connectivity index (χ0) is 20.9. The second-order valence-corrected chi connectivity index (χ2v) is 8.07. The van der Waals surface area contributed by atoms with Crippen LogP contribution in [0.1, 0.15) is 36.7 Å². The van der Waals surface area contributed by atoms with E-state index in [4.69, 9.17) is 9.47 Å². The third-order valence-corrected chi connectivity index (χ3v) is 4.75. The van der Waals surface area contributed by atoms with Gasteiger partial charge in [0.1, 0.15) is 5.75 Å². The summed E-state index contributed by atoms with van der Waals surface area (Å²) in [7, 11) is 0. The molecule has 1 saturated heterocycles. The fraction of sp³-hybridized carbons (Fsp3) is 0.391. The van der Waals surface area contributed by atoms with E-state index in [2.05, 4.69) is 26.1 Å². The molecule has 2 aromatic rings. The van der Waals surface area contributed by atoms with Crippen LogP contribution in [-0.2, 0) is 14.9 Å². The van der Waals surface area contributed by atoms with E-state index in [0.717, 1.165) is 5.56 Å². The van der Waals surface area contributed by atoms with Gasteiger partial charge in [0.25, 0.3) is 11.8 Å². The topological polar surface area (TPSA) is 67.9 Å². The molecule has 29 heavy (non-hydrogen) atoms. The van der Waals surface area contributed by atoms with E-state index in [0.29, 0.717) is 43.3 Å². The molecule has 1 heterocycles. The first kappa shape index (κ1) is 20.9. The molecule has 0 saturated carbocycles. The highest BCUT2D eigenvalue weighted by Gasteiger charge is 2.20. The lowest BCUT2D eigenvalue weighted by Crippen LogP contribution is -2.40. The average Bonchev–Trinajstić information content (AvgIpc) is 2.72. The van der Waals surface area contributed by atoms with Gasteiger partial charge >= 0.3 is 0 Å². The summed E-state index contributed by atoms with van der Waals surface area (Å²) in [6.45, 7) is 8.47. The number of rotatable bonds is 5. The minimum Gasteiger partial charge on any atom is -0.483 e. The molecule has 1 fully saturated rings. The zero-order valence-corrected chi connectivity index (χ0v) is 17.2. The standard InChI is InChI=1S/C23H28N2O4/c1-23(2,3)19-9-4-5-10-20(19)29-16-21(26)24-18-8-6-7-17(15-18)22(27)25-11-13-28-14-12-25/h4-10,15H,11-14,16H2,1-3H3,(H,24,26). The summed E-state index contributed by atoms with van der Waals surface area (Å²) in [4.78, 5) is 26.8. The van der Waals surface area contributed by atoms with Crippen LogP contribution in [0.2, 0.25) is 0 Å². The van der Waals surface area contributed by atoms with Crippen LogP contribution in [0.5, 0.6) is 5.75 Å². The molecule has 1 aliphatic heterocycles. The second-order valence-electron chi connectivity index (χ2n) is 8.07. The highest BCUT2D eigenvalue weighted by Crippen LogP contribution is 2.30. The van der Waals surface area contributed by atoms with Gasteiger partial charge < -0.3 is 19.7 Å². The lowest BCUT2D eigenvalue weighted by Gasteiger charge is -2.27. The maximum Gasteiger partial charge on any atom is 0.262 e. The molecule has 3 rings (SSSR count). The van der Waals surface area contributed by atoms with E-state index in [1.807, 2.05) is 24.3 Å². The predicted molar refractivity (Wildman–Crippen MR) is 112 cm³/mol. The van der Waals surface area contributed by atoms with Crippen LogP contribution in [0.25, 0.3) is 0 Å². The van der Waals surface area contributed by atoms with Crippen LogP contribution in [0.15, 0.2) is 48.5 Å². The van der Waals surface area contributed by atoms with Gasteiger partial charge in [-0.3, -0.25) is 9.59 Å². The monoisotopic (exact) mass is 396 g/mol. The van der Waals surface area contributed by atoms with Crippen molar-refractivity contribution in [2.75, 3.05) is 38.2 Å². The third-order valence-electron chi connectivity index (χ3n) is 4.75. The van der Waals surface area contributed by atoms with Crippen molar-refractivity contribution < 1.29 is 19.1 Å². The van der Waals surface area contributed by atoms with Gasteiger partial charge in [-0.15, -0.1) is 0 Å². The number of morpholine rings is 1. The smallest absolute Gasteiger partial charge is 0.262 e. The van der Waals surface area contributed by atoms with E-state index < -0.39 is 0 Å². The Balaban J connectivity index is 1.61. The molecular formula is C23H28N2O4. The van der Waals surface area contributed by atoms with Gasteiger partial charge in [0.2, 0.25) is 0 Å². The summed E-state index contributed by atoms with van der Waals surface area (Å²) < 4.78 is 11.1. The van der Waals surface area contributed by atoms with E-state index in [9.17, 15) is 9.59 Å². The fourth-order valence-corrected chi connectivity index (χ4v) is 3.23. The van der Waals surface area contributed by atoms with Crippen molar-refractivity contribution >= 4 is 17.5 Å². The average molecular weight is 396 g/mol. The molecule has 2 aromatic carbocycles. The van der Waals surface area contributed by atoms with Gasteiger partial charge in [-0.25, -0.2) is 0 Å². The quantitative estimate of drug-likeness (QED) is 0.840. The summed E-state index contributed by atoms with van der Waals surface area (Å²) in [6, 6.07) is 14.7. The van der Waals surface area contributed by atoms with Gasteiger partial charge in [-0.1, -0.05) is 45.0 Å². The molecule has 0 atom stereocenters. The molecule has 0 aliphatic carbocycles. The zero-order valence-electron chi connectivity index (χ0n) is 17.2. The molecule has 2 amide bonds. The summed E-state index contributed by atoms with van der Waals surface area (Å²) in [6.07, 6.45) is 0. The number of nitrogens with one attached hydrogen (secondary N) is 1. The Labute approximate surface area is 171 Å². The minimum atomic E-state index is -0.273. The van der Waals surface area contributed by atoms with Crippen molar-refractivity contribution in [2.45, 2.75) is 26.2 Å². The first-order chi connectivity index (χ1) is 13.8. The largest absolute Gasteiger partial charge is 0.483 e. The molecule has 0 radical (unpaired) electrons. The van der Waals surface area contributed by atoms with Crippen LogP contribution >= 0.6 is 0 Å². The van der Waals surface area contributed by atoms with E-state index >= 15 is 0 Å². The van der Waals surface area contributed by atoms with E-state index in [1.54, 1.807) is 29.2 Å². The number of hydrogen-bond acceptors (Lipinski definition) is 4. The maximum absolute atomic E-state index is 12.6. The number of amides is 2. The summed E-state index contributed by atoms with van der Waals surface area (Å²) in [5.74, 6) is 0.371. The molecule has 6 heteroatoms. The Morgan fingerprint density at radius 3 is 2.52 bits per heavy atom. The van der Waals surface area contributed by atoms with Crippen LogP contribution in [0.3, 0.4) is 0 Å². The van der Waals surface area contributed by atoms with Crippen molar-refractivity contribution in [1.29, 1.82) is 0 Å². The number of carbonyl (C=O) groups excluding carboxylic acids is 2. The Morgan fingerprint density at radius 1 is 1.07 bits per heavy atom. The molecule has 1 N–H and O–H groups in total. The predicted octanol–water partition coefficient (Wildman–Crippen LogP) is 3.47. The van der Waals surface area contributed by atoms with E-state index in [-0.39, 0.29) is 23.8 Å². The molecular weight excluding hydrogens is 368 g/mol. The second kappa shape index (κ2) is 9.09. The number of hydrogen-bond donors (Lipinski definition) is 1. The number of anilines is 1. The van der Waals surface area contributed by atoms with Gasteiger partial charge in [-0.2, -0.15) is 0 Å². The molecule has 154 valence electrons. The maximum atomic E-state index is 12.6. The van der Waals surface area contributed by atoms with Crippen LogP contribution in [0.4, 0.5) is 5.69 Å². The molecule has 0 spiro atoms. The van der Waals surface area contributed by atoms with Crippen molar-refractivity contribution in [3.05, 3.63) is 59.7 Å². The van der Waals surface area contributed by atoms with Crippen LogP contribution in [0, 0.1) is 0 Å². The normalized spacial score (nSPS) is 14.4. The minimum absolute atomic E-state index is 0.0558. The Bertz CT molecular complexity index is 867. The first-order valence-corrected chi connectivity index (χ1v) is 9.84. The highest BCUT2D eigenvalue weighted by molar-refractivity contribution is 5.97. The van der Waals surface area contributed by atoms with Gasteiger partial charge in [0.05, 0.1) is 13.2 Å². The Morgan fingerprint density at radius 2 is 1.79 bits per heavy atom. The molecule has 0 bridgehead atoms. The van der Waals surface area contributed by atoms with Gasteiger partial charge in [0.15, 0.2) is 6.61 Å². The van der Waals surface area contributed by atoms with Gasteiger partial charge in [0, 0.05) is 24.3 Å². The highest BCUT2D eigenvalue weighted by atomic mass is 16.5. The van der Waals surface area contributed by atoms with Crippen molar-refractivity contribution in [3.8, 4) is 5.75 Å². The fourth-order valence-electron chi connectivity index (χ4n) is 3.23. The number of para-hydroxylation sites is 1. The van der Waals surface area contributed by atoms with Crippen molar-refractivity contribution in [2.24, 2.45) is 0 Å². The van der Waals surface area contributed by atoms with Gasteiger partial charge in [-0.05, 0) is 35.2 Å². The number of benzene rings is 2. The summed E-state index contributed by atoms with van der Waals surface area (Å²) in [5, 5.41) is 2.81.